The van der Waals surface area contributed by atoms with Crippen LogP contribution in [0.2, 0.25) is 0 Å². The third-order valence-electron chi connectivity index (χ3n) is 2.64. The van der Waals surface area contributed by atoms with Crippen LogP contribution in [-0.2, 0) is 16.0 Å². The first-order chi connectivity index (χ1) is 9.38. The van der Waals surface area contributed by atoms with Crippen molar-refractivity contribution in [1.82, 2.24) is 5.32 Å². The molecule has 0 saturated heterocycles. The summed E-state index contributed by atoms with van der Waals surface area (Å²) in [7, 11) is 0. The number of amides is 1. The predicted molar refractivity (Wildman–Crippen MR) is 67.9 cm³/mol. The zero-order valence-electron chi connectivity index (χ0n) is 10.7. The van der Waals surface area contributed by atoms with Crippen molar-refractivity contribution in [3.8, 4) is 0 Å². The zero-order chi connectivity index (χ0) is 15.1. The summed E-state index contributed by atoms with van der Waals surface area (Å²) in [4.78, 5) is 21.8. The van der Waals surface area contributed by atoms with E-state index in [1.165, 1.54) is 12.1 Å². The fourth-order valence-corrected chi connectivity index (χ4v) is 1.63. The number of halogens is 2. The van der Waals surface area contributed by atoms with Gasteiger partial charge in [-0.05, 0) is 30.5 Å². The minimum absolute atomic E-state index is 0.0375. The molecule has 0 heterocycles. The van der Waals surface area contributed by atoms with Crippen LogP contribution < -0.4 is 11.1 Å². The molecule has 0 fully saturated rings. The Morgan fingerprint density at radius 2 is 1.85 bits per heavy atom. The maximum atomic E-state index is 12.9. The summed E-state index contributed by atoms with van der Waals surface area (Å²) in [6, 6.07) is 2.22. The van der Waals surface area contributed by atoms with Crippen LogP contribution in [0.4, 0.5) is 8.78 Å². The molecule has 4 N–H and O–H groups in total. The Bertz CT molecular complexity index is 474. The minimum Gasteiger partial charge on any atom is -0.481 e. The van der Waals surface area contributed by atoms with E-state index in [-0.39, 0.29) is 25.8 Å². The van der Waals surface area contributed by atoms with Gasteiger partial charge >= 0.3 is 5.97 Å². The second-order valence-electron chi connectivity index (χ2n) is 4.36. The van der Waals surface area contributed by atoms with Crippen LogP contribution in [0.5, 0.6) is 0 Å². The van der Waals surface area contributed by atoms with Crippen LogP contribution in [0.25, 0.3) is 0 Å². The molecule has 20 heavy (non-hydrogen) atoms. The quantitative estimate of drug-likeness (QED) is 0.691. The summed E-state index contributed by atoms with van der Waals surface area (Å²) in [5.41, 5.74) is 5.92. The van der Waals surface area contributed by atoms with E-state index in [2.05, 4.69) is 5.32 Å². The highest BCUT2D eigenvalue weighted by Gasteiger charge is 2.14. The Morgan fingerprint density at radius 3 is 2.40 bits per heavy atom. The van der Waals surface area contributed by atoms with Gasteiger partial charge in [0.1, 0.15) is 11.6 Å². The molecule has 0 aromatic heterocycles. The van der Waals surface area contributed by atoms with Gasteiger partial charge < -0.3 is 16.2 Å². The van der Waals surface area contributed by atoms with E-state index >= 15 is 0 Å². The van der Waals surface area contributed by atoms with Crippen molar-refractivity contribution in [2.75, 3.05) is 6.54 Å². The number of carbonyl (C=O) groups is 2. The number of nitrogens with one attached hydrogen (secondary N) is 1. The lowest BCUT2D eigenvalue weighted by atomic mass is 10.1. The molecule has 1 amide bonds. The first-order valence-electron chi connectivity index (χ1n) is 6.08. The average Bonchev–Trinajstić information content (AvgIpc) is 2.34. The van der Waals surface area contributed by atoms with Crippen molar-refractivity contribution >= 4 is 11.9 Å². The molecule has 7 heteroatoms. The Balaban J connectivity index is 2.36. The van der Waals surface area contributed by atoms with Crippen LogP contribution in [-0.4, -0.2) is 29.6 Å². The number of carboxylic acids is 1. The summed E-state index contributed by atoms with van der Waals surface area (Å²) < 4.78 is 25.8. The van der Waals surface area contributed by atoms with Crippen LogP contribution in [0.15, 0.2) is 18.2 Å². The molecular formula is C13H16F2N2O3. The summed E-state index contributed by atoms with van der Waals surface area (Å²) in [5, 5.41) is 11.0. The highest BCUT2D eigenvalue weighted by Crippen LogP contribution is 2.08. The van der Waals surface area contributed by atoms with E-state index in [1.807, 2.05) is 0 Å². The van der Waals surface area contributed by atoms with Crippen molar-refractivity contribution in [3.05, 3.63) is 35.4 Å². The number of carboxylic acid groups (broad SMARTS) is 1. The van der Waals surface area contributed by atoms with Gasteiger partial charge in [0.05, 0.1) is 6.04 Å². The number of hydrogen-bond donors (Lipinski definition) is 3. The van der Waals surface area contributed by atoms with Gasteiger partial charge in [-0.2, -0.15) is 0 Å². The van der Waals surface area contributed by atoms with E-state index in [4.69, 9.17) is 10.8 Å². The number of aliphatic carboxylic acids is 1. The first-order valence-corrected chi connectivity index (χ1v) is 6.08. The molecule has 1 aromatic carbocycles. The molecular weight excluding hydrogens is 270 g/mol. The monoisotopic (exact) mass is 286 g/mol. The van der Waals surface area contributed by atoms with Crippen molar-refractivity contribution in [1.29, 1.82) is 0 Å². The van der Waals surface area contributed by atoms with E-state index in [1.54, 1.807) is 0 Å². The zero-order valence-corrected chi connectivity index (χ0v) is 10.7. The topological polar surface area (TPSA) is 92.4 Å². The molecule has 1 unspecified atom stereocenters. The normalized spacial score (nSPS) is 11.9. The van der Waals surface area contributed by atoms with Gasteiger partial charge in [-0.15, -0.1) is 0 Å². The first kappa shape index (κ1) is 16.0. The smallest absolute Gasteiger partial charge is 0.303 e. The van der Waals surface area contributed by atoms with Crippen LogP contribution in [0.3, 0.4) is 0 Å². The molecule has 0 aliphatic rings. The Labute approximate surface area is 114 Å². The minimum atomic E-state index is -1.02. The second kappa shape index (κ2) is 7.54. The van der Waals surface area contributed by atoms with Crippen LogP contribution >= 0.6 is 0 Å². The third-order valence-corrected chi connectivity index (χ3v) is 2.64. The average molecular weight is 286 g/mol. The summed E-state index contributed by atoms with van der Waals surface area (Å²) in [5.74, 6) is -2.86. The number of carbonyl (C=O) groups excluding carboxylic acids is 1. The molecule has 5 nitrogen and oxygen atoms in total. The van der Waals surface area contributed by atoms with Gasteiger partial charge in [0.25, 0.3) is 0 Å². The number of rotatable bonds is 7. The molecule has 0 spiro atoms. The summed E-state index contributed by atoms with van der Waals surface area (Å²) >= 11 is 0. The molecule has 0 aliphatic heterocycles. The van der Waals surface area contributed by atoms with E-state index < -0.39 is 29.6 Å². The molecule has 1 rings (SSSR count). The fourth-order valence-electron chi connectivity index (χ4n) is 1.63. The van der Waals surface area contributed by atoms with Crippen LogP contribution in [0, 0.1) is 11.6 Å². The SMILES string of the molecule is NC(CCC(=O)O)C(=O)NCCc1cc(F)cc(F)c1. The number of nitrogens with two attached hydrogens (primary N) is 1. The van der Waals surface area contributed by atoms with Crippen LogP contribution in [0.1, 0.15) is 18.4 Å². The molecule has 110 valence electrons. The predicted octanol–water partition coefficient (Wildman–Crippen LogP) is 0.816. The highest BCUT2D eigenvalue weighted by atomic mass is 19.1. The van der Waals surface area contributed by atoms with Crippen molar-refractivity contribution in [3.63, 3.8) is 0 Å². The molecule has 0 radical (unpaired) electrons. The van der Waals surface area contributed by atoms with Crippen molar-refractivity contribution in [2.24, 2.45) is 5.73 Å². The summed E-state index contributed by atoms with van der Waals surface area (Å²) in [6.07, 6.45) is 0.103. The molecule has 0 bridgehead atoms. The number of benzene rings is 1. The second-order valence-corrected chi connectivity index (χ2v) is 4.36. The standard InChI is InChI=1S/C13H16F2N2O3/c14-9-5-8(6-10(15)7-9)3-4-17-13(20)11(16)1-2-12(18)19/h5-7,11H,1-4,16H2,(H,17,20)(H,18,19). The highest BCUT2D eigenvalue weighted by molar-refractivity contribution is 5.82. The largest absolute Gasteiger partial charge is 0.481 e. The van der Waals surface area contributed by atoms with Gasteiger partial charge in [-0.25, -0.2) is 8.78 Å². The molecule has 1 atom stereocenters. The Morgan fingerprint density at radius 1 is 1.25 bits per heavy atom. The lowest BCUT2D eigenvalue weighted by Crippen LogP contribution is -2.41. The third kappa shape index (κ3) is 5.75. The Hall–Kier alpha value is -2.02. The summed E-state index contributed by atoms with van der Waals surface area (Å²) in [6.45, 7) is 0.169. The van der Waals surface area contributed by atoms with Crippen molar-refractivity contribution in [2.45, 2.75) is 25.3 Å². The van der Waals surface area contributed by atoms with Gasteiger partial charge in [0.15, 0.2) is 0 Å². The molecule has 1 aromatic rings. The van der Waals surface area contributed by atoms with E-state index in [0.29, 0.717) is 5.56 Å². The van der Waals surface area contributed by atoms with Gasteiger partial charge in [-0.3, -0.25) is 9.59 Å². The number of hydrogen-bond acceptors (Lipinski definition) is 3. The lowest BCUT2D eigenvalue weighted by Gasteiger charge is -2.11. The van der Waals surface area contributed by atoms with E-state index in [9.17, 15) is 18.4 Å². The Kier molecular flexibility index (Phi) is 6.05. The molecule has 0 saturated carbocycles. The van der Waals surface area contributed by atoms with Gasteiger partial charge in [-0.1, -0.05) is 0 Å². The fraction of sp³-hybridized carbons (Fsp3) is 0.385. The maximum absolute atomic E-state index is 12.9. The van der Waals surface area contributed by atoms with E-state index in [0.717, 1.165) is 6.07 Å². The lowest BCUT2D eigenvalue weighted by molar-refractivity contribution is -0.137. The van der Waals surface area contributed by atoms with Gasteiger partial charge in [0, 0.05) is 19.0 Å². The van der Waals surface area contributed by atoms with Gasteiger partial charge in [0.2, 0.25) is 5.91 Å². The maximum Gasteiger partial charge on any atom is 0.303 e. The van der Waals surface area contributed by atoms with Crippen molar-refractivity contribution < 1.29 is 23.5 Å². The molecule has 0 aliphatic carbocycles.